The molecule has 0 saturated carbocycles. The van der Waals surface area contributed by atoms with Gasteiger partial charge in [0.1, 0.15) is 52.5 Å². The van der Waals surface area contributed by atoms with Crippen LogP contribution >= 0.6 is 34.7 Å². The molecule has 1 aliphatic rings. The van der Waals surface area contributed by atoms with E-state index < -0.39 is 24.2 Å². The van der Waals surface area contributed by atoms with E-state index in [2.05, 4.69) is 22.4 Å². The fraction of sp³-hybridized carbons (Fsp3) is 0.324. The van der Waals surface area contributed by atoms with E-state index in [4.69, 9.17) is 46.7 Å². The van der Waals surface area contributed by atoms with E-state index in [-0.39, 0.29) is 32.1 Å². The summed E-state index contributed by atoms with van der Waals surface area (Å²) in [6.45, 7) is 3.42. The molecule has 4 N–H and O–H groups in total. The summed E-state index contributed by atoms with van der Waals surface area (Å²) in [4.78, 5) is 44.1. The monoisotopic (exact) mass is 829 g/mol. The van der Waals surface area contributed by atoms with Crippen LogP contribution in [0.3, 0.4) is 0 Å². The number of carbonyl (C=O) groups excluding carboxylic acids is 2. The quantitative estimate of drug-likeness (QED) is 0.0700. The molecule has 0 spiro atoms. The van der Waals surface area contributed by atoms with Crippen LogP contribution in [0.5, 0.6) is 5.75 Å². The number of benzene rings is 2. The first-order chi connectivity index (χ1) is 26.7. The number of carbonyl (C=O) groups is 3. The molecule has 2 aromatic carbocycles. The lowest BCUT2D eigenvalue weighted by Gasteiger charge is -2.22. The molecule has 1 atom stereocenters. The van der Waals surface area contributed by atoms with Crippen LogP contribution in [0, 0.1) is 22.7 Å². The number of carboxylic acid groups (broad SMARTS) is 1. The van der Waals surface area contributed by atoms with Crippen molar-refractivity contribution in [2.24, 2.45) is 5.73 Å². The predicted molar refractivity (Wildman–Crippen MR) is 204 cm³/mol. The Morgan fingerprint density at radius 1 is 1.04 bits per heavy atom. The van der Waals surface area contributed by atoms with Crippen molar-refractivity contribution in [3.8, 4) is 39.6 Å². The number of ether oxygens (including phenoxy) is 2. The van der Waals surface area contributed by atoms with E-state index in [0.29, 0.717) is 49.6 Å². The van der Waals surface area contributed by atoms with Crippen LogP contribution in [0.1, 0.15) is 43.0 Å². The normalized spacial score (nSPS) is 12.8. The van der Waals surface area contributed by atoms with Gasteiger partial charge in [-0.25, -0.2) is 14.8 Å². The highest BCUT2D eigenvalue weighted by atomic mass is 35.5. The predicted octanol–water partition coefficient (Wildman–Crippen LogP) is 6.57. The van der Waals surface area contributed by atoms with E-state index in [1.807, 2.05) is 29.6 Å². The number of hydrogen-bond donors (Lipinski definition) is 3. The Hall–Kier alpha value is -5.40. The van der Waals surface area contributed by atoms with Gasteiger partial charge in [0, 0.05) is 46.9 Å². The SMILES string of the molecule is C[C@H](N)C(=O)NCCC(=O)OCCOc1ccc(-c2c(C#N)c(SCc3csc(-c4ccc(Cl)cc4)n3)nc(N3CCCC3)c2C#N)cc1.O=C(O)C(F)(F)F. The number of nitrogens with one attached hydrogen (secondary N) is 1. The third-order valence-electron chi connectivity index (χ3n) is 7.82. The molecule has 5 rings (SSSR count). The maximum absolute atomic E-state index is 11.9. The Morgan fingerprint density at radius 3 is 2.25 bits per heavy atom. The van der Waals surface area contributed by atoms with E-state index in [9.17, 15) is 33.3 Å². The van der Waals surface area contributed by atoms with Crippen LogP contribution in [0.15, 0.2) is 58.9 Å². The molecule has 0 radical (unpaired) electrons. The van der Waals surface area contributed by atoms with Gasteiger partial charge >= 0.3 is 18.1 Å². The number of nitrogens with two attached hydrogens (primary N) is 1. The Bertz CT molecular complexity index is 2080. The number of pyridine rings is 1. The lowest BCUT2D eigenvalue weighted by atomic mass is 9.96. The van der Waals surface area contributed by atoms with Gasteiger partial charge in [-0.05, 0) is 49.6 Å². The van der Waals surface area contributed by atoms with Gasteiger partial charge in [0.25, 0.3) is 0 Å². The molecule has 4 aromatic rings. The van der Waals surface area contributed by atoms with Gasteiger partial charge in [0.05, 0.1) is 23.7 Å². The van der Waals surface area contributed by atoms with Crippen LogP contribution in [0.4, 0.5) is 19.0 Å². The summed E-state index contributed by atoms with van der Waals surface area (Å²) in [6.07, 6.45) is -3.06. The van der Waals surface area contributed by atoms with Crippen molar-refractivity contribution in [3.63, 3.8) is 0 Å². The third-order valence-corrected chi connectivity index (χ3v) is 10.0. The molecule has 1 saturated heterocycles. The van der Waals surface area contributed by atoms with Gasteiger partial charge in [-0.3, -0.25) is 9.59 Å². The summed E-state index contributed by atoms with van der Waals surface area (Å²) in [5, 5.41) is 34.6. The van der Waals surface area contributed by atoms with Crippen molar-refractivity contribution in [3.05, 3.63) is 75.8 Å². The molecule has 13 nitrogen and oxygen atoms in total. The molecule has 0 aliphatic carbocycles. The van der Waals surface area contributed by atoms with Crippen molar-refractivity contribution in [2.75, 3.05) is 37.7 Å². The minimum absolute atomic E-state index is 0.0233. The number of hydrogen-bond acceptors (Lipinski definition) is 13. The van der Waals surface area contributed by atoms with Crippen molar-refractivity contribution >= 4 is 58.4 Å². The smallest absolute Gasteiger partial charge is 0.490 e. The second-order valence-corrected chi connectivity index (χ2v) is 14.2. The van der Waals surface area contributed by atoms with Crippen molar-refractivity contribution < 1.29 is 42.1 Å². The zero-order valence-corrected chi connectivity index (χ0v) is 32.2. The van der Waals surface area contributed by atoms with Gasteiger partial charge in [-0.1, -0.05) is 47.6 Å². The molecule has 19 heteroatoms. The van der Waals surface area contributed by atoms with Crippen LogP contribution < -0.4 is 20.7 Å². The number of nitrogens with zero attached hydrogens (tertiary/aromatic N) is 5. The first-order valence-electron chi connectivity index (χ1n) is 16.9. The number of aromatic nitrogens is 2. The van der Waals surface area contributed by atoms with E-state index >= 15 is 0 Å². The van der Waals surface area contributed by atoms with Crippen molar-refractivity contribution in [1.29, 1.82) is 10.5 Å². The number of alkyl halides is 3. The molecular weight excluding hydrogens is 795 g/mol. The van der Waals surface area contributed by atoms with Crippen LogP contribution in [-0.4, -0.2) is 78.0 Å². The van der Waals surface area contributed by atoms with E-state index in [0.717, 1.165) is 42.2 Å². The highest BCUT2D eigenvalue weighted by molar-refractivity contribution is 7.98. The molecule has 294 valence electrons. The number of rotatable bonds is 14. The molecule has 0 bridgehead atoms. The third kappa shape index (κ3) is 12.3. The van der Waals surface area contributed by atoms with Gasteiger partial charge < -0.3 is 30.5 Å². The number of amides is 1. The number of thioether (sulfide) groups is 1. The van der Waals surface area contributed by atoms with E-state index in [1.165, 1.54) is 23.1 Å². The molecule has 1 fully saturated rings. The number of carboxylic acids is 1. The number of esters is 1. The summed E-state index contributed by atoms with van der Waals surface area (Å²) in [5.41, 5.74) is 9.23. The maximum Gasteiger partial charge on any atom is 0.490 e. The maximum atomic E-state index is 11.9. The molecule has 1 aliphatic heterocycles. The minimum atomic E-state index is -5.08. The molecule has 3 heterocycles. The molecule has 56 heavy (non-hydrogen) atoms. The van der Waals surface area contributed by atoms with Gasteiger partial charge in [-0.15, -0.1) is 11.3 Å². The first-order valence-corrected chi connectivity index (χ1v) is 19.1. The second-order valence-electron chi connectivity index (χ2n) is 11.9. The Balaban J connectivity index is 0.000000908. The number of anilines is 1. The fourth-order valence-corrected chi connectivity index (χ4v) is 7.04. The van der Waals surface area contributed by atoms with Gasteiger partial charge in [0.15, 0.2) is 0 Å². The van der Waals surface area contributed by atoms with Crippen LogP contribution in [-0.2, 0) is 24.9 Å². The fourth-order valence-electron chi connectivity index (χ4n) is 5.11. The minimum Gasteiger partial charge on any atom is -0.490 e. The number of thiazole rings is 1. The zero-order valence-electron chi connectivity index (χ0n) is 29.8. The highest BCUT2D eigenvalue weighted by Gasteiger charge is 2.38. The Kier molecular flexibility index (Phi) is 15.9. The first kappa shape index (κ1) is 43.3. The van der Waals surface area contributed by atoms with Crippen LogP contribution in [0.25, 0.3) is 21.7 Å². The molecule has 1 amide bonds. The standard InChI is InChI=1S/C35H34ClN7O4S2.C2HF3O2/c1-22(39)33(45)40-13-12-30(44)47-17-16-46-27-10-6-23(7-11-27)31-28(18-37)32(43-14-2-3-15-43)42-35(29(31)19-38)49-21-26-20-48-34(41-26)24-4-8-25(36)9-5-24;3-2(4,5)1(6)7/h4-11,20,22H,2-3,12-17,21,39H2,1H3,(H,40,45);(H,6,7)/t22-;/m0./s1. The largest absolute Gasteiger partial charge is 0.490 e. The van der Waals surface area contributed by atoms with E-state index in [1.54, 1.807) is 31.2 Å². The van der Waals surface area contributed by atoms with Gasteiger partial charge in [0.2, 0.25) is 5.91 Å². The summed E-state index contributed by atoms with van der Waals surface area (Å²) in [5.74, 6) is -1.95. The molecule has 2 aromatic heterocycles. The Morgan fingerprint density at radius 2 is 1.66 bits per heavy atom. The summed E-state index contributed by atoms with van der Waals surface area (Å²) < 4.78 is 42.7. The topological polar surface area (TPSA) is 205 Å². The lowest BCUT2D eigenvalue weighted by Crippen LogP contribution is -2.39. The molecule has 0 unspecified atom stereocenters. The number of aliphatic carboxylic acids is 1. The summed E-state index contributed by atoms with van der Waals surface area (Å²) >= 11 is 9.01. The summed E-state index contributed by atoms with van der Waals surface area (Å²) in [7, 11) is 0. The highest BCUT2D eigenvalue weighted by Crippen LogP contribution is 2.40. The summed E-state index contributed by atoms with van der Waals surface area (Å²) in [6, 6.07) is 18.7. The van der Waals surface area contributed by atoms with Crippen molar-refractivity contribution in [2.45, 2.75) is 49.2 Å². The number of nitriles is 2. The number of halogens is 4. The average molecular weight is 830 g/mol. The zero-order chi connectivity index (χ0) is 40.8. The van der Waals surface area contributed by atoms with Gasteiger partial charge in [-0.2, -0.15) is 23.7 Å². The average Bonchev–Trinajstić information content (AvgIpc) is 3.89. The van der Waals surface area contributed by atoms with Crippen LogP contribution in [0.2, 0.25) is 5.02 Å². The lowest BCUT2D eigenvalue weighted by molar-refractivity contribution is -0.192. The van der Waals surface area contributed by atoms with Crippen molar-refractivity contribution in [1.82, 2.24) is 15.3 Å². The second kappa shape index (κ2) is 20.5. The Labute approximate surface area is 333 Å². The molecular formula is C37H35ClF3N7O6S2.